The first kappa shape index (κ1) is 14.8. The Kier molecular flexibility index (Phi) is 4.60. The summed E-state index contributed by atoms with van der Waals surface area (Å²) in [6.45, 7) is 5.18. The summed E-state index contributed by atoms with van der Waals surface area (Å²) >= 11 is 0. The van der Waals surface area contributed by atoms with E-state index in [2.05, 4.69) is 5.16 Å². The molecule has 1 aromatic rings. The van der Waals surface area contributed by atoms with Gasteiger partial charge in [-0.25, -0.2) is 0 Å². The molecule has 2 rings (SSSR count). The average Bonchev–Trinajstić information content (AvgIpc) is 3.16. The SMILES string of the molecule is Cc1noc(C)c1CN(C(=O)/C=C/CN(C)C)C1CC1. The molecule has 0 aliphatic heterocycles. The highest BCUT2D eigenvalue weighted by molar-refractivity contribution is 5.88. The molecule has 1 aliphatic carbocycles. The predicted octanol–water partition coefficient (Wildman–Crippen LogP) is 1.90. The molecule has 5 heteroatoms. The van der Waals surface area contributed by atoms with Crippen LogP contribution in [0.5, 0.6) is 0 Å². The Morgan fingerprint density at radius 1 is 1.40 bits per heavy atom. The third-order valence-electron chi connectivity index (χ3n) is 3.51. The number of carbonyl (C=O) groups excluding carboxylic acids is 1. The Bertz CT molecular complexity index is 482. The van der Waals surface area contributed by atoms with Gasteiger partial charge in [-0.2, -0.15) is 0 Å². The van der Waals surface area contributed by atoms with Crippen LogP contribution in [-0.4, -0.2) is 47.5 Å². The van der Waals surface area contributed by atoms with E-state index in [1.54, 1.807) is 6.08 Å². The zero-order valence-electron chi connectivity index (χ0n) is 12.7. The fourth-order valence-electron chi connectivity index (χ4n) is 2.13. The molecule has 1 saturated carbocycles. The van der Waals surface area contributed by atoms with E-state index in [0.717, 1.165) is 36.4 Å². The lowest BCUT2D eigenvalue weighted by atomic mass is 10.2. The molecule has 0 saturated heterocycles. The summed E-state index contributed by atoms with van der Waals surface area (Å²) in [5.74, 6) is 0.882. The van der Waals surface area contributed by atoms with Gasteiger partial charge >= 0.3 is 0 Å². The van der Waals surface area contributed by atoms with Crippen molar-refractivity contribution in [3.8, 4) is 0 Å². The Morgan fingerprint density at radius 3 is 2.60 bits per heavy atom. The molecule has 1 aromatic heterocycles. The topological polar surface area (TPSA) is 49.6 Å². The molecule has 1 aliphatic rings. The van der Waals surface area contributed by atoms with E-state index in [-0.39, 0.29) is 5.91 Å². The van der Waals surface area contributed by atoms with Crippen molar-refractivity contribution >= 4 is 5.91 Å². The van der Waals surface area contributed by atoms with Crippen molar-refractivity contribution in [2.75, 3.05) is 20.6 Å². The highest BCUT2D eigenvalue weighted by Crippen LogP contribution is 2.29. The molecule has 1 heterocycles. The van der Waals surface area contributed by atoms with Crippen LogP contribution in [-0.2, 0) is 11.3 Å². The van der Waals surface area contributed by atoms with Gasteiger partial charge < -0.3 is 14.3 Å². The summed E-state index contributed by atoms with van der Waals surface area (Å²) in [5, 5.41) is 3.96. The molecule has 0 unspecified atom stereocenters. The first-order chi connectivity index (χ1) is 9.49. The quantitative estimate of drug-likeness (QED) is 0.745. The van der Waals surface area contributed by atoms with Gasteiger partial charge in [-0.3, -0.25) is 4.79 Å². The minimum Gasteiger partial charge on any atom is -0.361 e. The summed E-state index contributed by atoms with van der Waals surface area (Å²) in [6.07, 6.45) is 5.77. The van der Waals surface area contributed by atoms with Crippen molar-refractivity contribution in [2.24, 2.45) is 0 Å². The van der Waals surface area contributed by atoms with Crippen LogP contribution in [0.2, 0.25) is 0 Å². The molecule has 1 amide bonds. The van der Waals surface area contributed by atoms with Gasteiger partial charge in [-0.15, -0.1) is 0 Å². The molecule has 0 spiro atoms. The summed E-state index contributed by atoms with van der Waals surface area (Å²) in [5.41, 5.74) is 1.91. The lowest BCUT2D eigenvalue weighted by molar-refractivity contribution is -0.127. The first-order valence-corrected chi connectivity index (χ1v) is 7.02. The molecule has 0 bridgehead atoms. The van der Waals surface area contributed by atoms with Gasteiger partial charge in [0.15, 0.2) is 0 Å². The van der Waals surface area contributed by atoms with Crippen LogP contribution in [0.1, 0.15) is 29.9 Å². The number of hydrogen-bond donors (Lipinski definition) is 0. The number of nitrogens with zero attached hydrogens (tertiary/aromatic N) is 3. The maximum absolute atomic E-state index is 12.3. The van der Waals surface area contributed by atoms with E-state index in [0.29, 0.717) is 12.6 Å². The van der Waals surface area contributed by atoms with E-state index in [1.807, 2.05) is 43.8 Å². The average molecular weight is 277 g/mol. The van der Waals surface area contributed by atoms with E-state index in [9.17, 15) is 4.79 Å². The fourth-order valence-corrected chi connectivity index (χ4v) is 2.13. The molecule has 5 nitrogen and oxygen atoms in total. The highest BCUT2D eigenvalue weighted by atomic mass is 16.5. The van der Waals surface area contributed by atoms with Gasteiger partial charge in [-0.1, -0.05) is 11.2 Å². The number of aromatic nitrogens is 1. The number of amides is 1. The monoisotopic (exact) mass is 277 g/mol. The summed E-state index contributed by atoms with van der Waals surface area (Å²) in [7, 11) is 3.97. The Balaban J connectivity index is 2.04. The maximum atomic E-state index is 12.3. The van der Waals surface area contributed by atoms with Crippen LogP contribution in [0.3, 0.4) is 0 Å². The lowest BCUT2D eigenvalue weighted by Gasteiger charge is -2.20. The molecule has 0 atom stereocenters. The van der Waals surface area contributed by atoms with Crippen LogP contribution in [0, 0.1) is 13.8 Å². The van der Waals surface area contributed by atoms with Crippen molar-refractivity contribution in [2.45, 2.75) is 39.3 Å². The van der Waals surface area contributed by atoms with Crippen molar-refractivity contribution in [3.63, 3.8) is 0 Å². The van der Waals surface area contributed by atoms with Gasteiger partial charge in [-0.05, 0) is 40.8 Å². The largest absolute Gasteiger partial charge is 0.361 e. The van der Waals surface area contributed by atoms with Gasteiger partial charge in [0.05, 0.1) is 12.2 Å². The van der Waals surface area contributed by atoms with Gasteiger partial charge in [0, 0.05) is 24.2 Å². The van der Waals surface area contributed by atoms with Crippen molar-refractivity contribution < 1.29 is 9.32 Å². The molecular formula is C15H23N3O2. The zero-order valence-corrected chi connectivity index (χ0v) is 12.7. The lowest BCUT2D eigenvalue weighted by Crippen LogP contribution is -2.31. The summed E-state index contributed by atoms with van der Waals surface area (Å²) < 4.78 is 5.18. The van der Waals surface area contributed by atoms with Crippen molar-refractivity contribution in [1.29, 1.82) is 0 Å². The number of aryl methyl sites for hydroxylation is 2. The van der Waals surface area contributed by atoms with Crippen LogP contribution >= 0.6 is 0 Å². The number of carbonyl (C=O) groups is 1. The smallest absolute Gasteiger partial charge is 0.246 e. The number of rotatable bonds is 6. The minimum atomic E-state index is 0.0781. The highest BCUT2D eigenvalue weighted by Gasteiger charge is 2.32. The second kappa shape index (κ2) is 6.22. The Labute approximate surface area is 120 Å². The maximum Gasteiger partial charge on any atom is 0.246 e. The second-order valence-electron chi connectivity index (χ2n) is 5.66. The molecule has 20 heavy (non-hydrogen) atoms. The second-order valence-corrected chi connectivity index (χ2v) is 5.66. The standard InChI is InChI=1S/C15H23N3O2/c1-11-14(12(2)20-16-11)10-18(13-7-8-13)15(19)6-5-9-17(3)4/h5-6,13H,7-10H2,1-4H3/b6-5+. The van der Waals surface area contributed by atoms with Crippen molar-refractivity contribution in [3.05, 3.63) is 29.2 Å². The molecule has 0 aromatic carbocycles. The first-order valence-electron chi connectivity index (χ1n) is 7.02. The summed E-state index contributed by atoms with van der Waals surface area (Å²) in [4.78, 5) is 16.3. The van der Waals surface area contributed by atoms with E-state index < -0.39 is 0 Å². The van der Waals surface area contributed by atoms with Crippen LogP contribution in [0.4, 0.5) is 0 Å². The van der Waals surface area contributed by atoms with E-state index in [1.165, 1.54) is 0 Å². The minimum absolute atomic E-state index is 0.0781. The summed E-state index contributed by atoms with van der Waals surface area (Å²) in [6, 6.07) is 0.375. The van der Waals surface area contributed by atoms with Crippen LogP contribution < -0.4 is 0 Å². The molecular weight excluding hydrogens is 254 g/mol. The number of likely N-dealkylation sites (N-methyl/N-ethyl adjacent to an activating group) is 1. The van der Waals surface area contributed by atoms with E-state index >= 15 is 0 Å². The molecule has 0 N–H and O–H groups in total. The Hall–Kier alpha value is -1.62. The zero-order chi connectivity index (χ0) is 14.7. The van der Waals surface area contributed by atoms with Gasteiger partial charge in [0.25, 0.3) is 0 Å². The molecule has 0 radical (unpaired) electrons. The normalized spacial score (nSPS) is 15.2. The van der Waals surface area contributed by atoms with Crippen molar-refractivity contribution in [1.82, 2.24) is 15.0 Å². The molecule has 110 valence electrons. The third kappa shape index (κ3) is 3.70. The van der Waals surface area contributed by atoms with Gasteiger partial charge in [0.1, 0.15) is 5.76 Å². The fraction of sp³-hybridized carbons (Fsp3) is 0.600. The third-order valence-corrected chi connectivity index (χ3v) is 3.51. The van der Waals surface area contributed by atoms with E-state index in [4.69, 9.17) is 4.52 Å². The Morgan fingerprint density at radius 2 is 2.10 bits per heavy atom. The predicted molar refractivity (Wildman–Crippen MR) is 77.2 cm³/mol. The molecule has 1 fully saturated rings. The van der Waals surface area contributed by atoms with Crippen LogP contribution in [0.25, 0.3) is 0 Å². The number of hydrogen-bond acceptors (Lipinski definition) is 4. The van der Waals surface area contributed by atoms with Crippen LogP contribution in [0.15, 0.2) is 16.7 Å². The van der Waals surface area contributed by atoms with Gasteiger partial charge in [0.2, 0.25) is 5.91 Å².